The first-order chi connectivity index (χ1) is 21.5. The molecule has 4 aliphatic carbocycles. The van der Waals surface area contributed by atoms with Crippen LogP contribution in [-0.4, -0.2) is 90.7 Å². The largest absolute Gasteiger partial charge is 0.481 e. The van der Waals surface area contributed by atoms with Crippen LogP contribution < -0.4 is 10.9 Å². The van der Waals surface area contributed by atoms with Gasteiger partial charge in [-0.2, -0.15) is 11.8 Å². The van der Waals surface area contributed by atoms with Crippen molar-refractivity contribution >= 4 is 29.3 Å². The van der Waals surface area contributed by atoms with Crippen LogP contribution in [0.1, 0.15) is 81.8 Å². The summed E-state index contributed by atoms with van der Waals surface area (Å²) in [5.41, 5.74) is 1.60. The zero-order chi connectivity index (χ0) is 31.6. The second kappa shape index (κ2) is 12.6. The quantitative estimate of drug-likeness (QED) is 0.368. The van der Waals surface area contributed by atoms with Gasteiger partial charge in [0.05, 0.1) is 30.9 Å². The van der Waals surface area contributed by atoms with Crippen LogP contribution in [0.5, 0.6) is 0 Å². The van der Waals surface area contributed by atoms with Crippen molar-refractivity contribution in [3.63, 3.8) is 0 Å². The lowest BCUT2D eigenvalue weighted by Gasteiger charge is -2.47. The van der Waals surface area contributed by atoms with Crippen molar-refractivity contribution in [3.8, 4) is 0 Å². The molecular weight excluding hydrogens is 622 g/mol. The maximum atomic E-state index is 13.9. The molecular formula is C33H47ClF2N4O4S. The minimum atomic E-state index is -2.55. The van der Waals surface area contributed by atoms with Gasteiger partial charge in [-0.05, 0) is 83.5 Å². The van der Waals surface area contributed by atoms with Gasteiger partial charge in [0.1, 0.15) is 5.82 Å². The first-order valence-electron chi connectivity index (χ1n) is 17.1. The van der Waals surface area contributed by atoms with Crippen molar-refractivity contribution in [1.29, 1.82) is 0 Å². The van der Waals surface area contributed by atoms with E-state index in [2.05, 4.69) is 17.1 Å². The molecule has 1 aromatic heterocycles. The average molecular weight is 669 g/mol. The topological polar surface area (TPSA) is 96.7 Å². The maximum Gasteiger partial charge on any atom is 0.308 e. The summed E-state index contributed by atoms with van der Waals surface area (Å²) < 4.78 is 35.9. The van der Waals surface area contributed by atoms with Crippen LogP contribution in [0.3, 0.4) is 0 Å². The summed E-state index contributed by atoms with van der Waals surface area (Å²) in [6.07, 6.45) is 7.71. The number of aromatic nitrogens is 2. The molecule has 9 unspecified atom stereocenters. The van der Waals surface area contributed by atoms with Gasteiger partial charge in [-0.3, -0.25) is 19.1 Å². The van der Waals surface area contributed by atoms with E-state index in [1.165, 1.54) is 0 Å². The highest BCUT2D eigenvalue weighted by Crippen LogP contribution is 2.49. The van der Waals surface area contributed by atoms with Crippen LogP contribution >= 0.6 is 23.4 Å². The molecule has 0 aromatic carbocycles. The fourth-order valence-corrected chi connectivity index (χ4v) is 11.5. The minimum absolute atomic E-state index is 0.0131. The molecule has 5 fully saturated rings. The van der Waals surface area contributed by atoms with Gasteiger partial charge in [0.25, 0.3) is 11.5 Å². The van der Waals surface area contributed by atoms with Crippen molar-refractivity contribution in [2.45, 2.75) is 144 Å². The Morgan fingerprint density at radius 3 is 2.64 bits per heavy atom. The number of thioether (sulfide) groups is 1. The molecule has 2 saturated heterocycles. The predicted molar refractivity (Wildman–Crippen MR) is 170 cm³/mol. The molecule has 1 aromatic rings. The van der Waals surface area contributed by atoms with Gasteiger partial charge in [0.15, 0.2) is 0 Å². The van der Waals surface area contributed by atoms with E-state index in [0.29, 0.717) is 49.5 Å². The summed E-state index contributed by atoms with van der Waals surface area (Å²) in [5.74, 6) is -1.77. The number of aliphatic carboxylic acids is 1. The zero-order valence-corrected chi connectivity index (χ0v) is 27.9. The van der Waals surface area contributed by atoms with Crippen LogP contribution in [0.15, 0.2) is 4.79 Å². The number of halogens is 3. The Bertz CT molecular complexity index is 1340. The van der Waals surface area contributed by atoms with E-state index in [4.69, 9.17) is 21.3 Å². The number of nitrogens with one attached hydrogen (secondary N) is 1. The van der Waals surface area contributed by atoms with Crippen LogP contribution in [0.4, 0.5) is 8.78 Å². The van der Waals surface area contributed by atoms with E-state index in [0.717, 1.165) is 56.2 Å². The van der Waals surface area contributed by atoms with Gasteiger partial charge in [0.2, 0.25) is 0 Å². The second-order valence-corrected chi connectivity index (χ2v) is 16.6. The first-order valence-corrected chi connectivity index (χ1v) is 18.6. The number of carboxylic acids is 1. The highest BCUT2D eigenvalue weighted by atomic mass is 35.5. The molecule has 0 spiro atoms. The van der Waals surface area contributed by atoms with Crippen molar-refractivity contribution in [3.05, 3.63) is 27.4 Å². The summed E-state index contributed by atoms with van der Waals surface area (Å²) in [5, 5.41) is 13.7. The van der Waals surface area contributed by atoms with E-state index in [1.807, 2.05) is 6.92 Å². The highest BCUT2D eigenvalue weighted by Gasteiger charge is 2.53. The third-order valence-corrected chi connectivity index (χ3v) is 13.6. The monoisotopic (exact) mass is 668 g/mol. The molecule has 45 heavy (non-hydrogen) atoms. The normalized spacial score (nSPS) is 38.0. The number of nitrogens with zero attached hydrogens (tertiary/aromatic N) is 3. The fourth-order valence-electron chi connectivity index (χ4n) is 9.35. The molecule has 0 amide bonds. The first kappa shape index (κ1) is 32.3. The number of ether oxygens (including phenoxy) is 1. The Morgan fingerprint density at radius 2 is 1.93 bits per heavy atom. The van der Waals surface area contributed by atoms with Gasteiger partial charge in [-0.1, -0.05) is 0 Å². The van der Waals surface area contributed by atoms with Crippen LogP contribution in [0.25, 0.3) is 0 Å². The van der Waals surface area contributed by atoms with Crippen molar-refractivity contribution in [2.75, 3.05) is 12.4 Å². The zero-order valence-electron chi connectivity index (χ0n) is 26.3. The van der Waals surface area contributed by atoms with Gasteiger partial charge < -0.3 is 15.2 Å². The summed E-state index contributed by atoms with van der Waals surface area (Å²) in [6.45, 7) is 4.84. The predicted octanol–water partition coefficient (Wildman–Crippen LogP) is 4.65. The Kier molecular flexibility index (Phi) is 9.07. The number of piperidine rings is 1. The third-order valence-electron chi connectivity index (χ3n) is 11.6. The molecule has 9 atom stereocenters. The smallest absolute Gasteiger partial charge is 0.308 e. The standard InChI is InChI=1S/C33H47ClF2N4O4S/c1-17-11-24(30-29(37-17)26(16-45-30)32(42)43)23-12-19(34)3-8-28(23)44-10-9-39-18(2)38-27-7-6-21(13-25(27)31(39)41)40(20-4-5-20)22-14-33(35,36)15-22/h17,19-24,26,28-30,37H,3-16H2,1-2H3,(H,42,43). The third kappa shape index (κ3) is 6.46. The van der Waals surface area contributed by atoms with Crippen LogP contribution in [0, 0.1) is 24.7 Å². The van der Waals surface area contributed by atoms with E-state index < -0.39 is 11.9 Å². The number of hydrogen-bond donors (Lipinski definition) is 2. The maximum absolute atomic E-state index is 13.9. The highest BCUT2D eigenvalue weighted by molar-refractivity contribution is 8.00. The number of fused-ring (bicyclic) bond motifs is 2. The average Bonchev–Trinajstić information content (AvgIpc) is 3.71. The number of alkyl halides is 3. The van der Waals surface area contributed by atoms with E-state index in [-0.39, 0.29) is 71.1 Å². The van der Waals surface area contributed by atoms with Gasteiger partial charge >= 0.3 is 5.97 Å². The van der Waals surface area contributed by atoms with Crippen molar-refractivity contribution in [1.82, 2.24) is 19.8 Å². The SMILES string of the molecule is Cc1nc2c(c(=O)n1CCOC1CCC(Cl)CC1C1CC(C)NC3C(C(=O)O)CSC13)CC(N(C1CC1)C1CC(F)(F)C1)CC2. The van der Waals surface area contributed by atoms with Crippen molar-refractivity contribution in [2.24, 2.45) is 17.8 Å². The minimum Gasteiger partial charge on any atom is -0.481 e. The summed E-state index contributed by atoms with van der Waals surface area (Å²) >= 11 is 8.52. The van der Waals surface area contributed by atoms with Gasteiger partial charge in [-0.15, -0.1) is 11.6 Å². The Morgan fingerprint density at radius 1 is 1.16 bits per heavy atom. The summed E-state index contributed by atoms with van der Waals surface area (Å²) in [7, 11) is 0. The molecule has 0 radical (unpaired) electrons. The fraction of sp³-hybridized carbons (Fsp3) is 0.848. The molecule has 8 nitrogen and oxygen atoms in total. The van der Waals surface area contributed by atoms with E-state index in [9.17, 15) is 23.5 Å². The number of carboxylic acid groups (broad SMARTS) is 1. The lowest BCUT2D eigenvalue weighted by Crippen LogP contribution is -2.57. The number of carbonyl (C=O) groups is 1. The summed E-state index contributed by atoms with van der Waals surface area (Å²) in [4.78, 5) is 33.0. The van der Waals surface area contributed by atoms with Crippen LogP contribution in [-0.2, 0) is 28.9 Å². The Labute approximate surface area is 273 Å². The molecule has 250 valence electrons. The second-order valence-electron chi connectivity index (χ2n) is 14.8. The number of rotatable bonds is 9. The molecule has 3 saturated carbocycles. The number of hydrogen-bond acceptors (Lipinski definition) is 7. The van der Waals surface area contributed by atoms with Gasteiger partial charge in [-0.25, -0.2) is 13.8 Å². The Hall–Kier alpha value is -1.27. The van der Waals surface area contributed by atoms with Gasteiger partial charge in [0, 0.05) is 65.0 Å². The Balaban J connectivity index is 1.03. The van der Waals surface area contributed by atoms with E-state index >= 15 is 0 Å². The molecule has 12 heteroatoms. The summed E-state index contributed by atoms with van der Waals surface area (Å²) in [6, 6.07) is 0.598. The molecule has 7 rings (SSSR count). The molecule has 2 N–H and O–H groups in total. The number of aryl methyl sites for hydroxylation is 2. The van der Waals surface area contributed by atoms with E-state index in [1.54, 1.807) is 16.3 Å². The van der Waals surface area contributed by atoms with Crippen LogP contribution in [0.2, 0.25) is 0 Å². The molecule has 3 heterocycles. The molecule has 6 aliphatic rings. The molecule has 0 bridgehead atoms. The molecule has 2 aliphatic heterocycles. The van der Waals surface area contributed by atoms with Crippen molar-refractivity contribution < 1.29 is 23.4 Å². The lowest BCUT2D eigenvalue weighted by molar-refractivity contribution is -0.142. The lowest BCUT2D eigenvalue weighted by atomic mass is 9.70.